The van der Waals surface area contributed by atoms with E-state index in [1.807, 2.05) is 29.2 Å². The summed E-state index contributed by atoms with van der Waals surface area (Å²) in [6, 6.07) is 9.62. The largest absolute Gasteiger partial charge is 0.466 e. The zero-order valence-electron chi connectivity index (χ0n) is 15.9. The number of esters is 1. The van der Waals surface area contributed by atoms with Crippen molar-refractivity contribution in [1.29, 1.82) is 5.26 Å². The van der Waals surface area contributed by atoms with Gasteiger partial charge in [-0.3, -0.25) is 4.79 Å². The number of carbonyl (C=O) groups is 2. The second kappa shape index (κ2) is 11.1. The fourth-order valence-corrected chi connectivity index (χ4v) is 3.03. The van der Waals surface area contributed by atoms with Gasteiger partial charge in [0.15, 0.2) is 0 Å². The van der Waals surface area contributed by atoms with E-state index in [9.17, 15) is 9.59 Å². The van der Waals surface area contributed by atoms with Crippen LogP contribution in [0.3, 0.4) is 0 Å². The van der Waals surface area contributed by atoms with Crippen molar-refractivity contribution in [3.05, 3.63) is 29.8 Å². The van der Waals surface area contributed by atoms with Crippen LogP contribution in [0.15, 0.2) is 24.3 Å². The Balaban J connectivity index is 1.60. The van der Waals surface area contributed by atoms with Gasteiger partial charge in [-0.2, -0.15) is 5.26 Å². The van der Waals surface area contributed by atoms with Crippen molar-refractivity contribution in [3.63, 3.8) is 0 Å². The lowest BCUT2D eigenvalue weighted by Gasteiger charge is -2.36. The van der Waals surface area contributed by atoms with Crippen molar-refractivity contribution >= 4 is 17.7 Å². The predicted molar refractivity (Wildman–Crippen MR) is 103 cm³/mol. The van der Waals surface area contributed by atoms with Crippen LogP contribution in [-0.2, 0) is 9.53 Å². The van der Waals surface area contributed by atoms with E-state index in [-0.39, 0.29) is 12.0 Å². The second-order valence-corrected chi connectivity index (χ2v) is 6.48. The average Bonchev–Trinajstić information content (AvgIpc) is 2.71. The van der Waals surface area contributed by atoms with Crippen LogP contribution in [0.2, 0.25) is 0 Å². The first-order valence-corrected chi connectivity index (χ1v) is 9.57. The van der Waals surface area contributed by atoms with Crippen LogP contribution in [0.5, 0.6) is 0 Å². The predicted octanol–water partition coefficient (Wildman–Crippen LogP) is 2.51. The molecule has 0 aliphatic carbocycles. The number of rotatable bonds is 8. The summed E-state index contributed by atoms with van der Waals surface area (Å²) < 4.78 is 4.88. The summed E-state index contributed by atoms with van der Waals surface area (Å²) in [6.07, 6.45) is 2.99. The fraction of sp³-hybridized carbons (Fsp3) is 0.550. The molecule has 0 unspecified atom stereocenters. The van der Waals surface area contributed by atoms with Gasteiger partial charge in [0.05, 0.1) is 18.2 Å². The molecule has 146 valence electrons. The molecule has 0 atom stereocenters. The number of nitriles is 1. The molecule has 1 aromatic carbocycles. The number of ether oxygens (including phenoxy) is 1. The van der Waals surface area contributed by atoms with Crippen molar-refractivity contribution in [1.82, 2.24) is 10.2 Å². The highest BCUT2D eigenvalue weighted by atomic mass is 16.5. The maximum Gasteiger partial charge on any atom is 0.317 e. The second-order valence-electron chi connectivity index (χ2n) is 6.48. The highest BCUT2D eigenvalue weighted by Gasteiger charge is 2.20. The monoisotopic (exact) mass is 372 g/mol. The standard InChI is InChI=1S/C20H28N4O3/c1-2-27-19(25)6-4-3-5-11-22-20(26)24-14-12-23(13-15-24)18-9-7-17(16-21)8-10-18/h7-10H,2-6,11-15H2,1H3,(H,22,26). The summed E-state index contributed by atoms with van der Waals surface area (Å²) in [5, 5.41) is 11.8. The third kappa shape index (κ3) is 6.81. The average molecular weight is 372 g/mol. The zero-order chi connectivity index (χ0) is 19.5. The molecule has 27 heavy (non-hydrogen) atoms. The number of anilines is 1. The molecule has 7 nitrogen and oxygen atoms in total. The van der Waals surface area contributed by atoms with Gasteiger partial charge in [0.2, 0.25) is 0 Å². The van der Waals surface area contributed by atoms with Gasteiger partial charge in [-0.05, 0) is 44.0 Å². The third-order valence-electron chi connectivity index (χ3n) is 4.57. The Bertz CT molecular complexity index is 646. The van der Waals surface area contributed by atoms with Crippen molar-refractivity contribution in [2.75, 3.05) is 44.2 Å². The molecule has 0 radical (unpaired) electrons. The molecule has 0 aromatic heterocycles. The summed E-state index contributed by atoms with van der Waals surface area (Å²) in [6.45, 7) is 5.75. The minimum absolute atomic E-state index is 0.0279. The number of piperazine rings is 1. The number of unbranched alkanes of at least 4 members (excludes halogenated alkanes) is 2. The van der Waals surface area contributed by atoms with Crippen molar-refractivity contribution in [2.45, 2.75) is 32.6 Å². The van der Waals surface area contributed by atoms with E-state index in [1.165, 1.54) is 0 Å². The van der Waals surface area contributed by atoms with Gasteiger partial charge in [-0.25, -0.2) is 4.79 Å². The highest BCUT2D eigenvalue weighted by molar-refractivity contribution is 5.74. The number of carbonyl (C=O) groups excluding carboxylic acids is 2. The van der Waals surface area contributed by atoms with Crippen LogP contribution in [0.25, 0.3) is 0 Å². The molecule has 1 heterocycles. The number of hydrogen-bond donors (Lipinski definition) is 1. The van der Waals surface area contributed by atoms with Gasteiger partial charge in [0, 0.05) is 44.8 Å². The number of nitrogens with one attached hydrogen (secondary N) is 1. The summed E-state index contributed by atoms with van der Waals surface area (Å²) in [7, 11) is 0. The number of nitrogens with zero attached hydrogens (tertiary/aromatic N) is 3. The first-order chi connectivity index (χ1) is 13.1. The minimum Gasteiger partial charge on any atom is -0.466 e. The summed E-state index contributed by atoms with van der Waals surface area (Å²) in [5.74, 6) is -0.151. The van der Waals surface area contributed by atoms with Crippen LogP contribution >= 0.6 is 0 Å². The Kier molecular flexibility index (Phi) is 8.43. The normalized spacial score (nSPS) is 13.8. The van der Waals surface area contributed by atoms with E-state index >= 15 is 0 Å². The van der Waals surface area contributed by atoms with E-state index in [4.69, 9.17) is 10.00 Å². The number of amides is 2. The molecule has 0 saturated carbocycles. The van der Waals surface area contributed by atoms with Crippen molar-refractivity contribution in [2.24, 2.45) is 0 Å². The number of benzene rings is 1. The molecule has 7 heteroatoms. The van der Waals surface area contributed by atoms with Gasteiger partial charge in [0.1, 0.15) is 0 Å². The van der Waals surface area contributed by atoms with Crippen LogP contribution in [0, 0.1) is 11.3 Å². The maximum absolute atomic E-state index is 12.2. The summed E-state index contributed by atoms with van der Waals surface area (Å²) >= 11 is 0. The molecular weight excluding hydrogens is 344 g/mol. The Labute approximate surface area is 160 Å². The van der Waals surface area contributed by atoms with E-state index < -0.39 is 0 Å². The van der Waals surface area contributed by atoms with Gasteiger partial charge in [0.25, 0.3) is 0 Å². The van der Waals surface area contributed by atoms with Crippen LogP contribution < -0.4 is 10.2 Å². The van der Waals surface area contributed by atoms with Crippen LogP contribution in [0.4, 0.5) is 10.5 Å². The highest BCUT2D eigenvalue weighted by Crippen LogP contribution is 2.17. The van der Waals surface area contributed by atoms with Crippen molar-refractivity contribution in [3.8, 4) is 6.07 Å². The molecule has 1 saturated heterocycles. The maximum atomic E-state index is 12.2. The number of hydrogen-bond acceptors (Lipinski definition) is 5. The first-order valence-electron chi connectivity index (χ1n) is 9.57. The van der Waals surface area contributed by atoms with E-state index in [1.54, 1.807) is 6.92 Å². The van der Waals surface area contributed by atoms with E-state index in [0.29, 0.717) is 38.2 Å². The van der Waals surface area contributed by atoms with E-state index in [0.717, 1.165) is 38.0 Å². The Morgan fingerprint density at radius 3 is 2.44 bits per heavy atom. The lowest BCUT2D eigenvalue weighted by atomic mass is 10.2. The summed E-state index contributed by atoms with van der Waals surface area (Å²) in [5.41, 5.74) is 1.73. The lowest BCUT2D eigenvalue weighted by Crippen LogP contribution is -2.52. The molecule has 0 bridgehead atoms. The molecule has 2 amide bonds. The molecule has 1 aliphatic heterocycles. The molecule has 0 spiro atoms. The van der Waals surface area contributed by atoms with Gasteiger partial charge in [-0.15, -0.1) is 0 Å². The topological polar surface area (TPSA) is 85.7 Å². The summed E-state index contributed by atoms with van der Waals surface area (Å²) in [4.78, 5) is 27.5. The Hall–Kier alpha value is -2.75. The molecular formula is C20H28N4O3. The fourth-order valence-electron chi connectivity index (χ4n) is 3.03. The van der Waals surface area contributed by atoms with Crippen LogP contribution in [0.1, 0.15) is 38.2 Å². The Morgan fingerprint density at radius 2 is 1.81 bits per heavy atom. The third-order valence-corrected chi connectivity index (χ3v) is 4.57. The van der Waals surface area contributed by atoms with Crippen molar-refractivity contribution < 1.29 is 14.3 Å². The van der Waals surface area contributed by atoms with E-state index in [2.05, 4.69) is 16.3 Å². The quantitative estimate of drug-likeness (QED) is 0.560. The van der Waals surface area contributed by atoms with Crippen LogP contribution in [-0.4, -0.2) is 56.2 Å². The zero-order valence-corrected chi connectivity index (χ0v) is 15.9. The molecule has 1 fully saturated rings. The number of urea groups is 1. The molecule has 1 aliphatic rings. The molecule has 1 N–H and O–H groups in total. The Morgan fingerprint density at radius 1 is 1.11 bits per heavy atom. The lowest BCUT2D eigenvalue weighted by molar-refractivity contribution is -0.143. The smallest absolute Gasteiger partial charge is 0.317 e. The SMILES string of the molecule is CCOC(=O)CCCCCNC(=O)N1CCN(c2ccc(C#N)cc2)CC1. The molecule has 2 rings (SSSR count). The van der Waals surface area contributed by atoms with Gasteiger partial charge in [-0.1, -0.05) is 6.42 Å². The minimum atomic E-state index is -0.151. The van der Waals surface area contributed by atoms with Gasteiger partial charge < -0.3 is 19.9 Å². The van der Waals surface area contributed by atoms with Gasteiger partial charge >= 0.3 is 12.0 Å². The first kappa shape index (κ1) is 20.6. The molecule has 1 aromatic rings.